The molecule has 4 heteroatoms. The van der Waals surface area contributed by atoms with Gasteiger partial charge in [0.15, 0.2) is 6.29 Å². The molecule has 15 heavy (non-hydrogen) atoms. The summed E-state index contributed by atoms with van der Waals surface area (Å²) in [5.74, 6) is -0.101. The zero-order valence-electron chi connectivity index (χ0n) is 8.03. The lowest BCUT2D eigenvalue weighted by Gasteiger charge is -1.98. The van der Waals surface area contributed by atoms with Crippen LogP contribution < -0.4 is 0 Å². The molecule has 0 aliphatic carbocycles. The Kier molecular flexibility index (Phi) is 2.44. The van der Waals surface area contributed by atoms with Crippen molar-refractivity contribution in [2.75, 3.05) is 0 Å². The number of carbonyl (C=O) groups is 2. The second-order valence-corrected chi connectivity index (χ2v) is 4.17. The number of carbonyl (C=O) groups excluding carboxylic acids is 2. The molecule has 0 saturated carbocycles. The van der Waals surface area contributed by atoms with Crippen molar-refractivity contribution in [1.29, 1.82) is 0 Å². The number of fused-ring (bicyclic) bond motifs is 1. The maximum Gasteiger partial charge on any atom is 0.227 e. The zero-order valence-corrected chi connectivity index (χ0v) is 9.61. The van der Waals surface area contributed by atoms with Gasteiger partial charge >= 0.3 is 0 Å². The first-order valence-corrected chi connectivity index (χ1v) is 5.19. The summed E-state index contributed by atoms with van der Waals surface area (Å²) in [6.45, 7) is 1.47. The third kappa shape index (κ3) is 1.61. The van der Waals surface area contributed by atoms with Crippen molar-refractivity contribution in [2.24, 2.45) is 0 Å². The molecular formula is C11H8BrNO2. The van der Waals surface area contributed by atoms with Gasteiger partial charge in [-0.15, -0.1) is 0 Å². The van der Waals surface area contributed by atoms with Crippen LogP contribution in [0.5, 0.6) is 0 Å². The van der Waals surface area contributed by atoms with Gasteiger partial charge in [0.1, 0.15) is 0 Å². The smallest absolute Gasteiger partial charge is 0.227 e. The van der Waals surface area contributed by atoms with E-state index in [0.29, 0.717) is 5.56 Å². The predicted octanol–water partition coefficient (Wildman–Crippen LogP) is 2.88. The van der Waals surface area contributed by atoms with E-state index in [1.54, 1.807) is 6.20 Å². The van der Waals surface area contributed by atoms with E-state index in [9.17, 15) is 9.59 Å². The molecule has 0 amide bonds. The molecule has 2 aromatic rings. The van der Waals surface area contributed by atoms with Gasteiger partial charge in [-0.1, -0.05) is 15.9 Å². The molecule has 2 rings (SSSR count). The average molecular weight is 266 g/mol. The van der Waals surface area contributed by atoms with Crippen LogP contribution in [0.3, 0.4) is 0 Å². The lowest BCUT2D eigenvalue weighted by molar-refractivity contribution is 0.0941. The van der Waals surface area contributed by atoms with E-state index in [1.807, 2.05) is 18.2 Å². The summed E-state index contributed by atoms with van der Waals surface area (Å²) in [6.07, 6.45) is 2.32. The Hall–Kier alpha value is -1.42. The van der Waals surface area contributed by atoms with Crippen molar-refractivity contribution in [1.82, 2.24) is 4.57 Å². The Morgan fingerprint density at radius 2 is 2.20 bits per heavy atom. The highest BCUT2D eigenvalue weighted by Gasteiger charge is 2.10. The van der Waals surface area contributed by atoms with E-state index in [4.69, 9.17) is 0 Å². The Labute approximate surface area is 94.8 Å². The first kappa shape index (κ1) is 10.1. The van der Waals surface area contributed by atoms with Crippen molar-refractivity contribution in [3.8, 4) is 0 Å². The molecule has 0 aliphatic heterocycles. The quantitative estimate of drug-likeness (QED) is 0.744. The Morgan fingerprint density at radius 1 is 1.47 bits per heavy atom. The third-order valence-electron chi connectivity index (χ3n) is 2.26. The highest BCUT2D eigenvalue weighted by molar-refractivity contribution is 9.10. The van der Waals surface area contributed by atoms with Crippen LogP contribution in [0.2, 0.25) is 0 Å². The fourth-order valence-corrected chi connectivity index (χ4v) is 1.94. The molecular weight excluding hydrogens is 258 g/mol. The summed E-state index contributed by atoms with van der Waals surface area (Å²) in [7, 11) is 0. The molecule has 0 aliphatic rings. The number of aromatic nitrogens is 1. The van der Waals surface area contributed by atoms with Crippen molar-refractivity contribution in [3.63, 3.8) is 0 Å². The van der Waals surface area contributed by atoms with Crippen molar-refractivity contribution in [3.05, 3.63) is 34.4 Å². The van der Waals surface area contributed by atoms with Crippen molar-refractivity contribution < 1.29 is 9.59 Å². The van der Waals surface area contributed by atoms with Crippen LogP contribution in [-0.2, 0) is 0 Å². The number of halogens is 1. The summed E-state index contributed by atoms with van der Waals surface area (Å²) >= 11 is 3.33. The molecule has 0 spiro atoms. The summed E-state index contributed by atoms with van der Waals surface area (Å²) in [6, 6.07) is 5.49. The SMILES string of the molecule is CC(=O)n1cc(C=O)c2cc(Br)ccc21. The highest BCUT2D eigenvalue weighted by atomic mass is 79.9. The van der Waals surface area contributed by atoms with E-state index in [2.05, 4.69) is 15.9 Å². The number of hydrogen-bond acceptors (Lipinski definition) is 2. The van der Waals surface area contributed by atoms with Gasteiger partial charge in [-0.3, -0.25) is 14.2 Å². The first-order chi connectivity index (χ1) is 7.13. The molecule has 3 nitrogen and oxygen atoms in total. The minimum Gasteiger partial charge on any atom is -0.298 e. The second-order valence-electron chi connectivity index (χ2n) is 3.25. The van der Waals surface area contributed by atoms with Crippen LogP contribution in [-0.4, -0.2) is 16.8 Å². The number of aldehydes is 1. The topological polar surface area (TPSA) is 39.1 Å². The third-order valence-corrected chi connectivity index (χ3v) is 2.76. The maximum absolute atomic E-state index is 11.3. The van der Waals surface area contributed by atoms with Crippen molar-refractivity contribution >= 4 is 39.0 Å². The molecule has 0 unspecified atom stereocenters. The highest BCUT2D eigenvalue weighted by Crippen LogP contribution is 2.24. The molecule has 0 radical (unpaired) electrons. The van der Waals surface area contributed by atoms with Crippen LogP contribution in [0.25, 0.3) is 10.9 Å². The lowest BCUT2D eigenvalue weighted by atomic mass is 10.2. The van der Waals surface area contributed by atoms with Gasteiger partial charge in [0, 0.05) is 28.5 Å². The van der Waals surface area contributed by atoms with Crippen molar-refractivity contribution in [2.45, 2.75) is 6.92 Å². The van der Waals surface area contributed by atoms with E-state index >= 15 is 0 Å². The Morgan fingerprint density at radius 3 is 2.80 bits per heavy atom. The number of rotatable bonds is 1. The molecule has 1 aromatic carbocycles. The van der Waals surface area contributed by atoms with E-state index in [0.717, 1.165) is 21.7 Å². The van der Waals surface area contributed by atoms with Gasteiger partial charge in [-0.05, 0) is 18.2 Å². The summed E-state index contributed by atoms with van der Waals surface area (Å²) in [5.41, 5.74) is 1.29. The van der Waals surface area contributed by atoms with E-state index < -0.39 is 0 Å². The minimum absolute atomic E-state index is 0.101. The normalized spacial score (nSPS) is 10.5. The fraction of sp³-hybridized carbons (Fsp3) is 0.0909. The van der Waals surface area contributed by atoms with Gasteiger partial charge in [0.05, 0.1) is 5.52 Å². The summed E-state index contributed by atoms with van der Waals surface area (Å²) in [5, 5.41) is 0.787. The molecule has 0 saturated heterocycles. The Bertz CT molecular complexity index is 557. The zero-order chi connectivity index (χ0) is 11.0. The van der Waals surface area contributed by atoms with E-state index in [1.165, 1.54) is 11.5 Å². The molecule has 0 bridgehead atoms. The number of nitrogens with zero attached hydrogens (tertiary/aromatic N) is 1. The van der Waals surface area contributed by atoms with Crippen LogP contribution in [0.15, 0.2) is 28.9 Å². The maximum atomic E-state index is 11.3. The Balaban J connectivity index is 2.86. The van der Waals surface area contributed by atoms with Gasteiger partial charge < -0.3 is 0 Å². The van der Waals surface area contributed by atoms with Crippen LogP contribution in [0.1, 0.15) is 22.1 Å². The lowest BCUT2D eigenvalue weighted by Crippen LogP contribution is -2.02. The first-order valence-electron chi connectivity index (χ1n) is 4.40. The average Bonchev–Trinajstić information content (AvgIpc) is 2.55. The molecule has 1 heterocycles. The van der Waals surface area contributed by atoms with E-state index in [-0.39, 0.29) is 5.91 Å². The molecule has 76 valence electrons. The van der Waals surface area contributed by atoms with Gasteiger partial charge in [-0.25, -0.2) is 0 Å². The van der Waals surface area contributed by atoms with Crippen LogP contribution in [0, 0.1) is 0 Å². The largest absolute Gasteiger partial charge is 0.298 e. The van der Waals surface area contributed by atoms with Gasteiger partial charge in [-0.2, -0.15) is 0 Å². The molecule has 0 atom stereocenters. The van der Waals surface area contributed by atoms with Gasteiger partial charge in [0.2, 0.25) is 5.91 Å². The summed E-state index contributed by atoms with van der Waals surface area (Å²) < 4.78 is 2.37. The van der Waals surface area contributed by atoms with Crippen LogP contribution >= 0.6 is 15.9 Å². The van der Waals surface area contributed by atoms with Crippen LogP contribution in [0.4, 0.5) is 0 Å². The minimum atomic E-state index is -0.101. The van der Waals surface area contributed by atoms with Gasteiger partial charge in [0.25, 0.3) is 0 Å². The predicted molar refractivity (Wildman–Crippen MR) is 61.3 cm³/mol. The molecule has 1 aromatic heterocycles. The monoisotopic (exact) mass is 265 g/mol. The number of hydrogen-bond donors (Lipinski definition) is 0. The standard InChI is InChI=1S/C11H8BrNO2/c1-7(15)13-5-8(6-14)10-4-9(12)2-3-11(10)13/h2-6H,1H3. The molecule has 0 N–H and O–H groups in total. The fourth-order valence-electron chi connectivity index (χ4n) is 1.58. The summed E-state index contributed by atoms with van der Waals surface area (Å²) in [4.78, 5) is 22.1. The second kappa shape index (κ2) is 3.62. The molecule has 0 fully saturated rings. The number of benzene rings is 1.